The van der Waals surface area contributed by atoms with E-state index in [2.05, 4.69) is 9.72 Å². The number of aliphatic carboxylic acids is 1. The summed E-state index contributed by atoms with van der Waals surface area (Å²) in [5, 5.41) is 17.2. The number of nitrogen functional groups attached to an aromatic ring is 1. The number of pyridine rings is 1. The molecule has 1 aromatic heterocycles. The highest BCUT2D eigenvalue weighted by Crippen LogP contribution is 2.29. The quantitative estimate of drug-likeness (QED) is 0.841. The number of carboxylic acids is 1. The molecule has 0 aliphatic heterocycles. The molecule has 18 heavy (non-hydrogen) atoms. The predicted octanol–water partition coefficient (Wildman–Crippen LogP) is 1.06. The maximum atomic E-state index is 12.0. The van der Waals surface area contributed by atoms with Gasteiger partial charge in [0.1, 0.15) is 11.8 Å². The lowest BCUT2D eigenvalue weighted by atomic mass is 10.2. The van der Waals surface area contributed by atoms with Gasteiger partial charge in [-0.2, -0.15) is 5.26 Å². The first-order chi connectivity index (χ1) is 8.23. The Bertz CT molecular complexity index is 522. The molecule has 1 rings (SSSR count). The molecule has 0 fully saturated rings. The lowest BCUT2D eigenvalue weighted by molar-refractivity contribution is -0.275. The standard InChI is InChI=1S/C9H6F3N3O3/c10-9(11,12)18-8-7(14)4(3-13)1-5(15-8)2-6(16)17/h1H,2,14H2,(H,16,17). The summed E-state index contributed by atoms with van der Waals surface area (Å²) in [7, 11) is 0. The maximum Gasteiger partial charge on any atom is 0.574 e. The van der Waals surface area contributed by atoms with Crippen LogP contribution in [0.5, 0.6) is 5.88 Å². The summed E-state index contributed by atoms with van der Waals surface area (Å²) in [5.41, 5.74) is 4.06. The third kappa shape index (κ3) is 3.51. The number of ether oxygens (including phenoxy) is 1. The van der Waals surface area contributed by atoms with Crippen LogP contribution >= 0.6 is 0 Å². The molecule has 0 unspecified atom stereocenters. The highest BCUT2D eigenvalue weighted by molar-refractivity contribution is 5.71. The van der Waals surface area contributed by atoms with Crippen LogP contribution in [-0.2, 0) is 11.2 Å². The molecule has 3 N–H and O–H groups in total. The first kappa shape index (κ1) is 13.6. The van der Waals surface area contributed by atoms with E-state index in [1.807, 2.05) is 0 Å². The van der Waals surface area contributed by atoms with Crippen LogP contribution < -0.4 is 10.5 Å². The summed E-state index contributed by atoms with van der Waals surface area (Å²) in [6.07, 6.45) is -5.68. The number of hydrogen-bond acceptors (Lipinski definition) is 5. The smallest absolute Gasteiger partial charge is 0.481 e. The van der Waals surface area contributed by atoms with E-state index in [1.54, 1.807) is 0 Å². The summed E-state index contributed by atoms with van der Waals surface area (Å²) < 4.78 is 39.6. The van der Waals surface area contributed by atoms with Crippen LogP contribution in [-0.4, -0.2) is 22.4 Å². The minimum Gasteiger partial charge on any atom is -0.481 e. The molecule has 0 spiro atoms. The number of carboxylic acid groups (broad SMARTS) is 1. The van der Waals surface area contributed by atoms with Crippen molar-refractivity contribution in [3.05, 3.63) is 17.3 Å². The number of anilines is 1. The van der Waals surface area contributed by atoms with Crippen molar-refractivity contribution >= 4 is 11.7 Å². The molecule has 0 saturated heterocycles. The van der Waals surface area contributed by atoms with E-state index in [1.165, 1.54) is 6.07 Å². The zero-order valence-electron chi connectivity index (χ0n) is 8.65. The summed E-state index contributed by atoms with van der Waals surface area (Å²) in [6, 6.07) is 2.52. The van der Waals surface area contributed by atoms with Gasteiger partial charge in [0.15, 0.2) is 0 Å². The average Bonchev–Trinajstić information content (AvgIpc) is 2.19. The second-order valence-corrected chi connectivity index (χ2v) is 3.11. The predicted molar refractivity (Wildman–Crippen MR) is 51.4 cm³/mol. The Labute approximate surface area is 98.4 Å². The fourth-order valence-corrected chi connectivity index (χ4v) is 1.11. The van der Waals surface area contributed by atoms with Crippen LogP contribution in [0.2, 0.25) is 0 Å². The third-order valence-corrected chi connectivity index (χ3v) is 1.74. The van der Waals surface area contributed by atoms with Crippen molar-refractivity contribution in [3.8, 4) is 11.9 Å². The minimum atomic E-state index is -5.03. The Morgan fingerprint density at radius 1 is 1.61 bits per heavy atom. The maximum absolute atomic E-state index is 12.0. The van der Waals surface area contributed by atoms with Gasteiger partial charge in [-0.05, 0) is 6.07 Å². The van der Waals surface area contributed by atoms with Crippen molar-refractivity contribution in [2.24, 2.45) is 0 Å². The molecular formula is C9H6F3N3O3. The normalized spacial score (nSPS) is 10.8. The first-order valence-electron chi connectivity index (χ1n) is 4.40. The van der Waals surface area contributed by atoms with E-state index in [-0.39, 0.29) is 11.3 Å². The van der Waals surface area contributed by atoms with Gasteiger partial charge in [0.05, 0.1) is 17.7 Å². The van der Waals surface area contributed by atoms with Crippen molar-refractivity contribution in [2.45, 2.75) is 12.8 Å². The van der Waals surface area contributed by atoms with Gasteiger partial charge in [-0.15, -0.1) is 13.2 Å². The van der Waals surface area contributed by atoms with Gasteiger partial charge >= 0.3 is 12.3 Å². The molecule has 1 aromatic rings. The zero-order valence-corrected chi connectivity index (χ0v) is 8.65. The van der Waals surface area contributed by atoms with E-state index in [9.17, 15) is 18.0 Å². The second kappa shape index (κ2) is 4.79. The van der Waals surface area contributed by atoms with Gasteiger partial charge in [0, 0.05) is 0 Å². The van der Waals surface area contributed by atoms with Crippen LogP contribution in [0.3, 0.4) is 0 Å². The number of hydrogen-bond donors (Lipinski definition) is 2. The van der Waals surface area contributed by atoms with Crippen LogP contribution in [0.4, 0.5) is 18.9 Å². The summed E-state index contributed by atoms with van der Waals surface area (Å²) in [5.74, 6) is -2.34. The Kier molecular flexibility index (Phi) is 3.61. The topological polar surface area (TPSA) is 109 Å². The van der Waals surface area contributed by atoms with Gasteiger partial charge in [0.25, 0.3) is 0 Å². The van der Waals surface area contributed by atoms with E-state index < -0.39 is 30.3 Å². The molecule has 0 saturated carbocycles. The zero-order chi connectivity index (χ0) is 13.9. The average molecular weight is 261 g/mol. The fraction of sp³-hybridized carbons (Fsp3) is 0.222. The lowest BCUT2D eigenvalue weighted by Gasteiger charge is -2.11. The highest BCUT2D eigenvalue weighted by Gasteiger charge is 2.33. The molecule has 0 bridgehead atoms. The molecule has 0 atom stereocenters. The van der Waals surface area contributed by atoms with Crippen LogP contribution in [0.15, 0.2) is 6.07 Å². The Morgan fingerprint density at radius 3 is 2.67 bits per heavy atom. The molecular weight excluding hydrogens is 255 g/mol. The summed E-state index contributed by atoms with van der Waals surface area (Å²) in [6.45, 7) is 0. The molecule has 0 aliphatic rings. The van der Waals surface area contributed by atoms with Gasteiger partial charge in [0.2, 0.25) is 5.88 Å². The summed E-state index contributed by atoms with van der Waals surface area (Å²) >= 11 is 0. The molecule has 9 heteroatoms. The van der Waals surface area contributed by atoms with Crippen molar-refractivity contribution in [2.75, 3.05) is 5.73 Å². The lowest BCUT2D eigenvalue weighted by Crippen LogP contribution is -2.20. The van der Waals surface area contributed by atoms with E-state index in [4.69, 9.17) is 16.1 Å². The largest absolute Gasteiger partial charge is 0.574 e. The number of halogens is 3. The highest BCUT2D eigenvalue weighted by atomic mass is 19.4. The van der Waals surface area contributed by atoms with Crippen molar-refractivity contribution in [1.82, 2.24) is 4.98 Å². The van der Waals surface area contributed by atoms with E-state index in [0.29, 0.717) is 0 Å². The number of nitriles is 1. The Hall–Kier alpha value is -2.50. The number of aromatic nitrogens is 1. The Balaban J connectivity index is 3.24. The van der Waals surface area contributed by atoms with Gasteiger partial charge in [-0.3, -0.25) is 4.79 Å². The number of nitrogens with two attached hydrogens (primary N) is 1. The van der Waals surface area contributed by atoms with Crippen molar-refractivity contribution in [1.29, 1.82) is 5.26 Å². The van der Waals surface area contributed by atoms with Crippen molar-refractivity contribution < 1.29 is 27.8 Å². The van der Waals surface area contributed by atoms with Gasteiger partial charge in [-0.1, -0.05) is 0 Å². The van der Waals surface area contributed by atoms with Crippen LogP contribution in [0, 0.1) is 11.3 Å². The van der Waals surface area contributed by atoms with Gasteiger partial charge in [-0.25, -0.2) is 4.98 Å². The Morgan fingerprint density at radius 2 is 2.22 bits per heavy atom. The first-order valence-corrected chi connectivity index (χ1v) is 4.40. The monoisotopic (exact) mass is 261 g/mol. The van der Waals surface area contributed by atoms with Gasteiger partial charge < -0.3 is 15.6 Å². The fourth-order valence-electron chi connectivity index (χ4n) is 1.11. The molecule has 0 aliphatic carbocycles. The van der Waals surface area contributed by atoms with E-state index >= 15 is 0 Å². The molecule has 0 amide bonds. The molecule has 0 aromatic carbocycles. The number of rotatable bonds is 3. The number of nitrogens with zero attached hydrogens (tertiary/aromatic N) is 2. The number of carbonyl (C=O) groups is 1. The van der Waals surface area contributed by atoms with Crippen molar-refractivity contribution in [3.63, 3.8) is 0 Å². The number of alkyl halides is 3. The summed E-state index contributed by atoms with van der Waals surface area (Å²) in [4.78, 5) is 13.7. The molecule has 6 nitrogen and oxygen atoms in total. The van der Waals surface area contributed by atoms with E-state index in [0.717, 1.165) is 6.07 Å². The molecule has 1 heterocycles. The minimum absolute atomic E-state index is 0.257. The molecule has 96 valence electrons. The SMILES string of the molecule is N#Cc1cc(CC(=O)O)nc(OC(F)(F)F)c1N. The second-order valence-electron chi connectivity index (χ2n) is 3.11. The van der Waals surface area contributed by atoms with Crippen LogP contribution in [0.25, 0.3) is 0 Å². The molecule has 0 radical (unpaired) electrons. The van der Waals surface area contributed by atoms with Crippen LogP contribution in [0.1, 0.15) is 11.3 Å². The third-order valence-electron chi connectivity index (χ3n) is 1.74.